The zero-order valence-electron chi connectivity index (χ0n) is 17.9. The Hall–Kier alpha value is -2.57. The molecule has 0 radical (unpaired) electrons. The van der Waals surface area contributed by atoms with Crippen molar-refractivity contribution in [3.05, 3.63) is 35.4 Å². The summed E-state index contributed by atoms with van der Waals surface area (Å²) in [4.78, 5) is 40.4. The smallest absolute Gasteiger partial charge is 0.410 e. The highest BCUT2D eigenvalue weighted by atomic mass is 16.6. The van der Waals surface area contributed by atoms with Crippen molar-refractivity contribution in [3.63, 3.8) is 0 Å². The standard InChI is InChI=1S/C22H31N3O4/c1-21(2,3)29-20(28)24-10-11-25(22(4,5)13-24)19(27)17-12-16(17)14-6-8-15(9-7-14)18(23)26/h6-9,16-17H,10-13H2,1-5H3,(H2,23,26)/t16-,17+/m1/s1. The van der Waals surface area contributed by atoms with Gasteiger partial charge in [-0.1, -0.05) is 12.1 Å². The number of ether oxygens (including phenoxy) is 1. The van der Waals surface area contributed by atoms with Gasteiger partial charge in [0.2, 0.25) is 11.8 Å². The Morgan fingerprint density at radius 3 is 2.24 bits per heavy atom. The first kappa shape index (κ1) is 21.1. The monoisotopic (exact) mass is 401 g/mol. The van der Waals surface area contributed by atoms with E-state index >= 15 is 0 Å². The van der Waals surface area contributed by atoms with Crippen LogP contribution in [0.5, 0.6) is 0 Å². The molecule has 7 heteroatoms. The summed E-state index contributed by atoms with van der Waals surface area (Å²) >= 11 is 0. The van der Waals surface area contributed by atoms with E-state index < -0.39 is 17.0 Å². The van der Waals surface area contributed by atoms with E-state index in [1.54, 1.807) is 17.0 Å². The summed E-state index contributed by atoms with van der Waals surface area (Å²) in [7, 11) is 0. The summed E-state index contributed by atoms with van der Waals surface area (Å²) in [6.45, 7) is 10.9. The molecule has 2 fully saturated rings. The number of hydrogen-bond acceptors (Lipinski definition) is 4. The number of hydrogen-bond donors (Lipinski definition) is 1. The molecule has 2 atom stereocenters. The molecule has 7 nitrogen and oxygen atoms in total. The number of carbonyl (C=O) groups is 3. The summed E-state index contributed by atoms with van der Waals surface area (Å²) in [5.74, 6) is -0.210. The third-order valence-electron chi connectivity index (χ3n) is 5.55. The zero-order valence-corrected chi connectivity index (χ0v) is 17.9. The molecule has 2 aliphatic rings. The molecular formula is C22H31N3O4. The van der Waals surface area contributed by atoms with Crippen molar-refractivity contribution in [2.24, 2.45) is 11.7 Å². The van der Waals surface area contributed by atoms with E-state index in [0.29, 0.717) is 25.2 Å². The molecule has 3 rings (SSSR count). The lowest BCUT2D eigenvalue weighted by Gasteiger charge is -2.47. The van der Waals surface area contributed by atoms with Crippen LogP contribution in [-0.2, 0) is 9.53 Å². The van der Waals surface area contributed by atoms with Crippen LogP contribution >= 0.6 is 0 Å². The minimum atomic E-state index is -0.542. The predicted octanol–water partition coefficient (Wildman–Crippen LogP) is 2.75. The number of nitrogens with zero attached hydrogens (tertiary/aromatic N) is 2. The van der Waals surface area contributed by atoms with Crippen molar-refractivity contribution in [1.82, 2.24) is 9.80 Å². The topological polar surface area (TPSA) is 92.9 Å². The largest absolute Gasteiger partial charge is 0.444 e. The van der Waals surface area contributed by atoms with Crippen LogP contribution in [0.15, 0.2) is 24.3 Å². The molecular weight excluding hydrogens is 370 g/mol. The maximum absolute atomic E-state index is 13.2. The normalized spacial score (nSPS) is 23.5. The average molecular weight is 402 g/mol. The number of primary amides is 1. The van der Waals surface area contributed by atoms with Gasteiger partial charge in [-0.25, -0.2) is 4.79 Å². The first-order chi connectivity index (χ1) is 13.4. The highest BCUT2D eigenvalue weighted by Crippen LogP contribution is 2.49. The van der Waals surface area contributed by atoms with Crippen LogP contribution in [-0.4, -0.2) is 58.5 Å². The van der Waals surface area contributed by atoms with Crippen LogP contribution in [0, 0.1) is 5.92 Å². The van der Waals surface area contributed by atoms with Crippen LogP contribution in [0.1, 0.15) is 62.9 Å². The maximum Gasteiger partial charge on any atom is 0.410 e. The minimum absolute atomic E-state index is 0.0539. The number of rotatable bonds is 3. The van der Waals surface area contributed by atoms with Gasteiger partial charge in [0.25, 0.3) is 0 Å². The van der Waals surface area contributed by atoms with Crippen LogP contribution in [0.4, 0.5) is 4.79 Å². The van der Waals surface area contributed by atoms with Gasteiger partial charge in [-0.2, -0.15) is 0 Å². The van der Waals surface area contributed by atoms with Crippen molar-refractivity contribution >= 4 is 17.9 Å². The van der Waals surface area contributed by atoms with Crippen molar-refractivity contribution in [3.8, 4) is 0 Å². The average Bonchev–Trinajstić information content (AvgIpc) is 3.39. The molecule has 1 aliphatic carbocycles. The van der Waals surface area contributed by atoms with Crippen molar-refractivity contribution in [2.45, 2.75) is 58.1 Å². The van der Waals surface area contributed by atoms with Gasteiger partial charge < -0.3 is 20.3 Å². The SMILES string of the molecule is CC(C)(C)OC(=O)N1CCN(C(=O)[C@H]2C[C@@H]2c2ccc(C(N)=O)cc2)C(C)(C)C1. The van der Waals surface area contributed by atoms with Gasteiger partial charge in [0.15, 0.2) is 0 Å². The van der Waals surface area contributed by atoms with Crippen LogP contribution in [0.3, 0.4) is 0 Å². The fourth-order valence-corrected chi connectivity index (χ4v) is 3.98. The van der Waals surface area contributed by atoms with Crippen LogP contribution in [0.2, 0.25) is 0 Å². The Kier molecular flexibility index (Phi) is 5.36. The van der Waals surface area contributed by atoms with E-state index in [9.17, 15) is 14.4 Å². The van der Waals surface area contributed by atoms with Gasteiger partial charge in [-0.15, -0.1) is 0 Å². The lowest BCUT2D eigenvalue weighted by molar-refractivity contribution is -0.141. The van der Waals surface area contributed by atoms with Gasteiger partial charge in [-0.3, -0.25) is 9.59 Å². The van der Waals surface area contributed by atoms with E-state index in [4.69, 9.17) is 10.5 Å². The van der Waals surface area contributed by atoms with Crippen molar-refractivity contribution in [2.75, 3.05) is 19.6 Å². The van der Waals surface area contributed by atoms with Crippen molar-refractivity contribution < 1.29 is 19.1 Å². The molecule has 0 spiro atoms. The third kappa shape index (κ3) is 4.71. The highest BCUT2D eigenvalue weighted by Gasteiger charge is 2.49. The lowest BCUT2D eigenvalue weighted by atomic mass is 9.97. The molecule has 1 saturated heterocycles. The highest BCUT2D eigenvalue weighted by molar-refractivity contribution is 5.92. The molecule has 1 aromatic rings. The van der Waals surface area contributed by atoms with E-state index in [1.807, 2.05) is 51.7 Å². The predicted molar refractivity (Wildman–Crippen MR) is 109 cm³/mol. The second-order valence-electron chi connectivity index (χ2n) is 9.64. The Labute approximate surface area is 172 Å². The van der Waals surface area contributed by atoms with Gasteiger partial charge >= 0.3 is 6.09 Å². The molecule has 2 N–H and O–H groups in total. The van der Waals surface area contributed by atoms with Gasteiger partial charge in [0.1, 0.15) is 5.60 Å². The molecule has 3 amide bonds. The summed E-state index contributed by atoms with van der Waals surface area (Å²) in [6.07, 6.45) is 0.466. The molecule has 0 unspecified atom stereocenters. The van der Waals surface area contributed by atoms with E-state index in [1.165, 1.54) is 0 Å². The molecule has 158 valence electrons. The summed E-state index contributed by atoms with van der Waals surface area (Å²) < 4.78 is 5.48. The number of benzene rings is 1. The Morgan fingerprint density at radius 2 is 1.72 bits per heavy atom. The first-order valence-corrected chi connectivity index (χ1v) is 10.1. The van der Waals surface area contributed by atoms with E-state index in [0.717, 1.165) is 12.0 Å². The molecule has 1 aliphatic heterocycles. The summed E-state index contributed by atoms with van der Waals surface area (Å²) in [6, 6.07) is 7.18. The third-order valence-corrected chi connectivity index (χ3v) is 5.55. The van der Waals surface area contributed by atoms with Crippen molar-refractivity contribution in [1.29, 1.82) is 0 Å². The molecule has 29 heavy (non-hydrogen) atoms. The van der Waals surface area contributed by atoms with Gasteiger partial charge in [0.05, 0.1) is 5.54 Å². The molecule has 1 heterocycles. The fraction of sp³-hybridized carbons (Fsp3) is 0.591. The molecule has 1 aromatic carbocycles. The van der Waals surface area contributed by atoms with Crippen LogP contribution in [0.25, 0.3) is 0 Å². The number of nitrogens with two attached hydrogens (primary N) is 1. The van der Waals surface area contributed by atoms with E-state index in [2.05, 4.69) is 0 Å². The zero-order chi connectivity index (χ0) is 21.6. The second-order valence-corrected chi connectivity index (χ2v) is 9.64. The number of carbonyl (C=O) groups excluding carboxylic acids is 3. The Morgan fingerprint density at radius 1 is 1.10 bits per heavy atom. The number of piperazine rings is 1. The number of amides is 3. The molecule has 0 aromatic heterocycles. The van der Waals surface area contributed by atoms with Crippen LogP contribution < -0.4 is 5.73 Å². The maximum atomic E-state index is 13.2. The Bertz CT molecular complexity index is 810. The van der Waals surface area contributed by atoms with E-state index in [-0.39, 0.29) is 23.8 Å². The summed E-state index contributed by atoms with van der Waals surface area (Å²) in [5, 5.41) is 0. The quantitative estimate of drug-likeness (QED) is 0.843. The molecule has 0 bridgehead atoms. The van der Waals surface area contributed by atoms with Gasteiger partial charge in [-0.05, 0) is 64.7 Å². The van der Waals surface area contributed by atoms with Gasteiger partial charge in [0, 0.05) is 31.1 Å². The first-order valence-electron chi connectivity index (χ1n) is 10.1. The fourth-order valence-electron chi connectivity index (χ4n) is 3.98. The Balaban J connectivity index is 1.62. The molecule has 1 saturated carbocycles. The lowest BCUT2D eigenvalue weighted by Crippen LogP contribution is -2.62. The summed E-state index contributed by atoms with van der Waals surface area (Å²) in [5.41, 5.74) is 5.81. The minimum Gasteiger partial charge on any atom is -0.444 e. The second kappa shape index (κ2) is 7.35.